The quantitative estimate of drug-likeness (QED) is 0.693. The molecule has 1 saturated carbocycles. The average molecular weight is 221 g/mol. The van der Waals surface area contributed by atoms with Crippen LogP contribution in [0.1, 0.15) is 32.6 Å². The third kappa shape index (κ3) is 2.01. The van der Waals surface area contributed by atoms with Crippen LogP contribution in [0, 0.1) is 5.41 Å². The average Bonchev–Trinajstić information content (AvgIpc) is 2.57. The second-order valence-electron chi connectivity index (χ2n) is 5.57. The molecule has 4 heteroatoms. The number of hydrogen-bond donors (Lipinski definition) is 0. The van der Waals surface area contributed by atoms with Crippen LogP contribution in [0.4, 0.5) is 13.2 Å². The van der Waals surface area contributed by atoms with Crippen molar-refractivity contribution >= 4 is 0 Å². The zero-order valence-electron chi connectivity index (χ0n) is 9.32. The van der Waals surface area contributed by atoms with Gasteiger partial charge in [0, 0.05) is 24.9 Å². The molecule has 15 heavy (non-hydrogen) atoms. The topological polar surface area (TPSA) is 3.24 Å². The first-order valence-electron chi connectivity index (χ1n) is 5.52. The van der Waals surface area contributed by atoms with Gasteiger partial charge in [0.15, 0.2) is 0 Å². The van der Waals surface area contributed by atoms with Gasteiger partial charge in [-0.3, -0.25) is 0 Å². The first kappa shape index (κ1) is 11.2. The van der Waals surface area contributed by atoms with Gasteiger partial charge in [-0.15, -0.1) is 0 Å². The van der Waals surface area contributed by atoms with Gasteiger partial charge in [0.2, 0.25) is 0 Å². The van der Waals surface area contributed by atoms with Crippen molar-refractivity contribution in [2.45, 2.75) is 44.2 Å². The van der Waals surface area contributed by atoms with Crippen molar-refractivity contribution in [2.24, 2.45) is 5.41 Å². The second kappa shape index (κ2) is 3.12. The summed E-state index contributed by atoms with van der Waals surface area (Å²) in [6.45, 7) is 2.86. The summed E-state index contributed by atoms with van der Waals surface area (Å²) in [5, 5.41) is 0. The summed E-state index contributed by atoms with van der Waals surface area (Å²) < 4.78 is 40.3. The summed E-state index contributed by atoms with van der Waals surface area (Å²) in [6, 6.07) is 0. The zero-order valence-corrected chi connectivity index (χ0v) is 9.32. The summed E-state index contributed by atoms with van der Waals surface area (Å²) in [4.78, 5) is 2.05. The summed E-state index contributed by atoms with van der Waals surface area (Å²) in [7, 11) is 1.94. The monoisotopic (exact) mass is 221 g/mol. The second-order valence-corrected chi connectivity index (χ2v) is 5.57. The zero-order chi connectivity index (χ0) is 11.3. The molecule has 2 rings (SSSR count). The fourth-order valence-electron chi connectivity index (χ4n) is 2.53. The van der Waals surface area contributed by atoms with E-state index in [1.807, 2.05) is 11.9 Å². The van der Waals surface area contributed by atoms with Crippen LogP contribution >= 0.6 is 0 Å². The first-order chi connectivity index (χ1) is 6.77. The number of hydrogen-bond acceptors (Lipinski definition) is 1. The fourth-order valence-corrected chi connectivity index (χ4v) is 2.53. The van der Waals surface area contributed by atoms with Crippen LogP contribution in [0.15, 0.2) is 0 Å². The van der Waals surface area contributed by atoms with E-state index in [1.165, 1.54) is 6.92 Å². The van der Waals surface area contributed by atoms with Gasteiger partial charge in [-0.2, -0.15) is 0 Å². The standard InChI is InChI=1S/C11H18F3N/c1-9(8-11(9,13)14)7-10(12)3-5-15(2)6-4-10/h3-8H2,1-2H3. The Balaban J connectivity index is 1.95. The molecule has 0 amide bonds. The van der Waals surface area contributed by atoms with Crippen LogP contribution in [0.2, 0.25) is 0 Å². The number of halogens is 3. The van der Waals surface area contributed by atoms with Crippen molar-refractivity contribution in [3.63, 3.8) is 0 Å². The van der Waals surface area contributed by atoms with Crippen LogP contribution in [-0.4, -0.2) is 36.6 Å². The van der Waals surface area contributed by atoms with Crippen molar-refractivity contribution in [3.05, 3.63) is 0 Å². The van der Waals surface area contributed by atoms with Crippen LogP contribution in [-0.2, 0) is 0 Å². The summed E-state index contributed by atoms with van der Waals surface area (Å²) in [6.07, 6.45) is 0.687. The predicted octanol–water partition coefficient (Wildman–Crippen LogP) is 2.86. The van der Waals surface area contributed by atoms with Gasteiger partial charge in [-0.05, 0) is 26.3 Å². The minimum Gasteiger partial charge on any atom is -0.306 e. The van der Waals surface area contributed by atoms with E-state index in [-0.39, 0.29) is 12.8 Å². The highest BCUT2D eigenvalue weighted by Gasteiger charge is 2.69. The van der Waals surface area contributed by atoms with E-state index in [4.69, 9.17) is 0 Å². The highest BCUT2D eigenvalue weighted by molar-refractivity contribution is 5.10. The lowest BCUT2D eigenvalue weighted by atomic mass is 9.83. The minimum atomic E-state index is -2.63. The highest BCUT2D eigenvalue weighted by Crippen LogP contribution is 2.64. The predicted molar refractivity (Wildman–Crippen MR) is 52.9 cm³/mol. The Labute approximate surface area is 88.6 Å². The highest BCUT2D eigenvalue weighted by atomic mass is 19.3. The van der Waals surface area contributed by atoms with Gasteiger partial charge in [-0.1, -0.05) is 6.92 Å². The molecule has 1 saturated heterocycles. The lowest BCUT2D eigenvalue weighted by Crippen LogP contribution is -2.41. The molecule has 0 N–H and O–H groups in total. The molecule has 88 valence electrons. The molecule has 1 aliphatic carbocycles. The molecule has 2 fully saturated rings. The van der Waals surface area contributed by atoms with E-state index >= 15 is 0 Å². The van der Waals surface area contributed by atoms with Crippen LogP contribution < -0.4 is 0 Å². The lowest BCUT2D eigenvalue weighted by Gasteiger charge is -2.36. The molecule has 0 spiro atoms. The Morgan fingerprint density at radius 1 is 1.13 bits per heavy atom. The van der Waals surface area contributed by atoms with E-state index in [0.29, 0.717) is 25.9 Å². The molecule has 1 atom stereocenters. The first-order valence-corrected chi connectivity index (χ1v) is 5.52. The molecule has 0 aromatic heterocycles. The molecule has 0 radical (unpaired) electrons. The summed E-state index contributed by atoms with van der Waals surface area (Å²) in [5.74, 6) is -2.63. The van der Waals surface area contributed by atoms with E-state index < -0.39 is 17.0 Å². The van der Waals surface area contributed by atoms with Crippen molar-refractivity contribution in [1.82, 2.24) is 4.90 Å². The van der Waals surface area contributed by atoms with Crippen molar-refractivity contribution < 1.29 is 13.2 Å². The summed E-state index contributed by atoms with van der Waals surface area (Å²) in [5.41, 5.74) is -2.43. The lowest BCUT2D eigenvalue weighted by molar-refractivity contribution is 0.00429. The van der Waals surface area contributed by atoms with Crippen molar-refractivity contribution in [3.8, 4) is 0 Å². The Bertz CT molecular complexity index is 259. The number of rotatable bonds is 2. The minimum absolute atomic E-state index is 0.0286. The maximum Gasteiger partial charge on any atom is 0.254 e. The molecule has 0 aromatic rings. The number of likely N-dealkylation sites (tertiary alicyclic amines) is 1. The molecule has 1 unspecified atom stereocenters. The summed E-state index contributed by atoms with van der Waals surface area (Å²) >= 11 is 0. The van der Waals surface area contributed by atoms with Crippen molar-refractivity contribution in [1.29, 1.82) is 0 Å². The Kier molecular flexibility index (Phi) is 2.34. The Hall–Kier alpha value is -0.250. The number of piperidine rings is 1. The molecule has 0 bridgehead atoms. The fraction of sp³-hybridized carbons (Fsp3) is 1.00. The largest absolute Gasteiger partial charge is 0.306 e. The van der Waals surface area contributed by atoms with Gasteiger partial charge >= 0.3 is 0 Å². The van der Waals surface area contributed by atoms with E-state index in [1.54, 1.807) is 0 Å². The number of nitrogens with zero attached hydrogens (tertiary/aromatic N) is 1. The molecular formula is C11H18F3N. The SMILES string of the molecule is CN1CCC(F)(CC2(C)CC2(F)F)CC1. The van der Waals surface area contributed by atoms with Crippen molar-refractivity contribution in [2.75, 3.05) is 20.1 Å². The third-order valence-corrected chi connectivity index (χ3v) is 3.96. The van der Waals surface area contributed by atoms with Crippen LogP contribution in [0.5, 0.6) is 0 Å². The molecule has 1 heterocycles. The van der Waals surface area contributed by atoms with Crippen LogP contribution in [0.25, 0.3) is 0 Å². The van der Waals surface area contributed by atoms with Gasteiger partial charge in [0.1, 0.15) is 5.67 Å². The van der Waals surface area contributed by atoms with E-state index in [0.717, 1.165) is 0 Å². The normalized spacial score (nSPS) is 39.0. The van der Waals surface area contributed by atoms with E-state index in [9.17, 15) is 13.2 Å². The molecule has 1 nitrogen and oxygen atoms in total. The number of alkyl halides is 3. The van der Waals surface area contributed by atoms with Crippen LogP contribution in [0.3, 0.4) is 0 Å². The van der Waals surface area contributed by atoms with Gasteiger partial charge in [0.05, 0.1) is 0 Å². The molecule has 1 aliphatic heterocycles. The maximum absolute atomic E-state index is 14.3. The molecular weight excluding hydrogens is 203 g/mol. The maximum atomic E-state index is 14.3. The molecule has 2 aliphatic rings. The third-order valence-electron chi connectivity index (χ3n) is 3.96. The molecule has 0 aromatic carbocycles. The Morgan fingerprint density at radius 2 is 1.60 bits per heavy atom. The van der Waals surface area contributed by atoms with Gasteiger partial charge in [-0.25, -0.2) is 13.2 Å². The van der Waals surface area contributed by atoms with Gasteiger partial charge < -0.3 is 4.90 Å². The van der Waals surface area contributed by atoms with Gasteiger partial charge in [0.25, 0.3) is 5.92 Å². The smallest absolute Gasteiger partial charge is 0.254 e. The Morgan fingerprint density at radius 3 is 2.00 bits per heavy atom. The van der Waals surface area contributed by atoms with E-state index in [2.05, 4.69) is 0 Å².